The standard InChI is InChI=1S/C4H8IN3O/c5-3-1-7-2-4(9)8(3)6/h3,7H,1-2,6H2. The summed E-state index contributed by atoms with van der Waals surface area (Å²) in [5, 5.41) is 4.20. The summed E-state index contributed by atoms with van der Waals surface area (Å²) in [7, 11) is 0. The lowest BCUT2D eigenvalue weighted by atomic mass is 10.4. The Morgan fingerprint density at radius 3 is 3.00 bits per heavy atom. The van der Waals surface area contributed by atoms with Crippen LogP contribution in [-0.4, -0.2) is 28.1 Å². The van der Waals surface area contributed by atoms with Gasteiger partial charge in [0.15, 0.2) is 0 Å². The molecule has 9 heavy (non-hydrogen) atoms. The third-order valence-electron chi connectivity index (χ3n) is 1.18. The highest BCUT2D eigenvalue weighted by Gasteiger charge is 2.21. The van der Waals surface area contributed by atoms with Crippen molar-refractivity contribution >= 4 is 28.5 Å². The maximum Gasteiger partial charge on any atom is 0.251 e. The monoisotopic (exact) mass is 241 g/mol. The predicted octanol–water partition coefficient (Wildman–Crippen LogP) is -0.947. The van der Waals surface area contributed by atoms with Gasteiger partial charge < -0.3 is 5.32 Å². The summed E-state index contributed by atoms with van der Waals surface area (Å²) in [6, 6.07) is 0. The molecule has 1 saturated heterocycles. The maximum atomic E-state index is 10.7. The van der Waals surface area contributed by atoms with Crippen molar-refractivity contribution in [3.8, 4) is 0 Å². The number of nitrogens with one attached hydrogen (secondary N) is 1. The fourth-order valence-electron chi connectivity index (χ4n) is 0.644. The van der Waals surface area contributed by atoms with Gasteiger partial charge in [0.05, 0.1) is 6.54 Å². The molecular weight excluding hydrogens is 233 g/mol. The third-order valence-corrected chi connectivity index (χ3v) is 2.22. The average Bonchev–Trinajstić information content (AvgIpc) is 1.83. The summed E-state index contributed by atoms with van der Waals surface area (Å²) >= 11 is 2.12. The minimum absolute atomic E-state index is 0.0411. The van der Waals surface area contributed by atoms with E-state index in [1.54, 1.807) is 0 Å². The Kier molecular flexibility index (Phi) is 2.25. The van der Waals surface area contributed by atoms with Crippen molar-refractivity contribution in [1.29, 1.82) is 0 Å². The van der Waals surface area contributed by atoms with Crippen molar-refractivity contribution < 1.29 is 4.79 Å². The van der Waals surface area contributed by atoms with Crippen LogP contribution < -0.4 is 11.2 Å². The van der Waals surface area contributed by atoms with Crippen LogP contribution in [0.2, 0.25) is 0 Å². The SMILES string of the molecule is NN1C(=O)CNCC1I. The van der Waals surface area contributed by atoms with E-state index >= 15 is 0 Å². The number of rotatable bonds is 0. The smallest absolute Gasteiger partial charge is 0.251 e. The van der Waals surface area contributed by atoms with Crippen molar-refractivity contribution in [2.24, 2.45) is 5.84 Å². The molecule has 1 fully saturated rings. The molecule has 1 aliphatic rings. The van der Waals surface area contributed by atoms with Gasteiger partial charge in [0.2, 0.25) is 0 Å². The van der Waals surface area contributed by atoms with Crippen molar-refractivity contribution in [3.05, 3.63) is 0 Å². The average molecular weight is 241 g/mol. The van der Waals surface area contributed by atoms with Crippen LogP contribution in [0.3, 0.4) is 0 Å². The van der Waals surface area contributed by atoms with Gasteiger partial charge in [-0.3, -0.25) is 9.80 Å². The number of nitrogens with zero attached hydrogens (tertiary/aromatic N) is 1. The number of piperazine rings is 1. The van der Waals surface area contributed by atoms with Gasteiger partial charge in [-0.2, -0.15) is 0 Å². The Morgan fingerprint density at radius 1 is 1.89 bits per heavy atom. The highest BCUT2D eigenvalue weighted by molar-refractivity contribution is 14.1. The number of halogens is 1. The second-order valence-corrected chi connectivity index (χ2v) is 3.30. The molecule has 0 aliphatic carbocycles. The molecule has 0 radical (unpaired) electrons. The second kappa shape index (κ2) is 2.80. The van der Waals surface area contributed by atoms with E-state index in [-0.39, 0.29) is 9.96 Å². The second-order valence-electron chi connectivity index (χ2n) is 1.87. The highest BCUT2D eigenvalue weighted by atomic mass is 127. The molecule has 3 N–H and O–H groups in total. The molecule has 1 atom stereocenters. The first-order valence-corrected chi connectivity index (χ1v) is 3.88. The van der Waals surface area contributed by atoms with Gasteiger partial charge in [-0.05, 0) is 0 Å². The van der Waals surface area contributed by atoms with Crippen molar-refractivity contribution in [3.63, 3.8) is 0 Å². The Hall–Kier alpha value is 0.120. The zero-order valence-electron chi connectivity index (χ0n) is 4.80. The summed E-state index contributed by atoms with van der Waals surface area (Å²) in [6.45, 7) is 1.15. The fraction of sp³-hybridized carbons (Fsp3) is 0.750. The quantitative estimate of drug-likeness (QED) is 0.189. The minimum atomic E-state index is -0.0411. The van der Waals surface area contributed by atoms with Gasteiger partial charge in [0.1, 0.15) is 4.05 Å². The zero-order chi connectivity index (χ0) is 6.85. The predicted molar refractivity (Wildman–Crippen MR) is 41.7 cm³/mol. The number of hydrogen-bond donors (Lipinski definition) is 2. The van der Waals surface area contributed by atoms with E-state index in [1.807, 2.05) is 0 Å². The summed E-state index contributed by atoms with van der Waals surface area (Å²) in [5.41, 5.74) is 0. The van der Waals surface area contributed by atoms with E-state index < -0.39 is 0 Å². The van der Waals surface area contributed by atoms with Crippen LogP contribution >= 0.6 is 22.6 Å². The molecule has 0 aromatic heterocycles. The van der Waals surface area contributed by atoms with Crippen LogP contribution in [0, 0.1) is 0 Å². The molecule has 0 spiro atoms. The van der Waals surface area contributed by atoms with Crippen LogP contribution in [0.4, 0.5) is 0 Å². The number of carbonyl (C=O) groups excluding carboxylic acids is 1. The van der Waals surface area contributed by atoms with Crippen molar-refractivity contribution in [1.82, 2.24) is 10.3 Å². The number of alkyl halides is 1. The van der Waals surface area contributed by atoms with E-state index in [0.29, 0.717) is 6.54 Å². The number of amides is 1. The van der Waals surface area contributed by atoms with E-state index in [1.165, 1.54) is 5.01 Å². The minimum Gasteiger partial charge on any atom is -0.305 e. The molecule has 0 bridgehead atoms. The summed E-state index contributed by atoms with van der Waals surface area (Å²) < 4.78 is 0.101. The van der Waals surface area contributed by atoms with Gasteiger partial charge in [-0.15, -0.1) is 0 Å². The maximum absolute atomic E-state index is 10.7. The van der Waals surface area contributed by atoms with E-state index in [0.717, 1.165) is 6.54 Å². The topological polar surface area (TPSA) is 58.4 Å². The number of hydrazine groups is 1. The molecule has 1 rings (SSSR count). The molecule has 0 saturated carbocycles. The Labute approximate surface area is 66.9 Å². The summed E-state index contributed by atoms with van der Waals surface area (Å²) in [4.78, 5) is 10.7. The number of carbonyl (C=O) groups is 1. The third kappa shape index (κ3) is 1.53. The Bertz CT molecular complexity index is 129. The van der Waals surface area contributed by atoms with Gasteiger partial charge in [0.25, 0.3) is 5.91 Å². The van der Waals surface area contributed by atoms with Gasteiger partial charge in [0, 0.05) is 6.54 Å². The first-order chi connectivity index (χ1) is 4.22. The molecule has 1 unspecified atom stereocenters. The molecule has 1 heterocycles. The van der Waals surface area contributed by atoms with Crippen molar-refractivity contribution in [2.75, 3.05) is 13.1 Å². The zero-order valence-corrected chi connectivity index (χ0v) is 6.96. The fourth-order valence-corrected chi connectivity index (χ4v) is 1.27. The summed E-state index contributed by atoms with van der Waals surface area (Å²) in [6.07, 6.45) is 0. The number of nitrogens with two attached hydrogens (primary N) is 1. The molecule has 0 aromatic carbocycles. The largest absolute Gasteiger partial charge is 0.305 e. The lowest BCUT2D eigenvalue weighted by molar-refractivity contribution is -0.132. The molecule has 5 heteroatoms. The van der Waals surface area contributed by atoms with Crippen LogP contribution in [0.25, 0.3) is 0 Å². The lowest BCUT2D eigenvalue weighted by Gasteiger charge is -2.27. The molecule has 1 aliphatic heterocycles. The Balaban J connectivity index is 2.51. The Morgan fingerprint density at radius 2 is 2.56 bits per heavy atom. The highest BCUT2D eigenvalue weighted by Crippen LogP contribution is 2.05. The van der Waals surface area contributed by atoms with Crippen LogP contribution in [-0.2, 0) is 4.79 Å². The molecule has 0 aromatic rings. The first kappa shape index (κ1) is 7.23. The number of hydrogen-bond acceptors (Lipinski definition) is 3. The van der Waals surface area contributed by atoms with Gasteiger partial charge in [-0.25, -0.2) is 5.84 Å². The van der Waals surface area contributed by atoms with Crippen molar-refractivity contribution in [2.45, 2.75) is 4.05 Å². The van der Waals surface area contributed by atoms with Gasteiger partial charge >= 0.3 is 0 Å². The molecule has 4 nitrogen and oxygen atoms in total. The van der Waals surface area contributed by atoms with Crippen LogP contribution in [0.15, 0.2) is 0 Å². The van der Waals surface area contributed by atoms with Gasteiger partial charge in [-0.1, -0.05) is 22.6 Å². The molecule has 1 amide bonds. The van der Waals surface area contributed by atoms with E-state index in [2.05, 4.69) is 27.9 Å². The first-order valence-electron chi connectivity index (χ1n) is 2.63. The van der Waals surface area contributed by atoms with E-state index in [4.69, 9.17) is 5.84 Å². The van der Waals surface area contributed by atoms with Crippen LogP contribution in [0.1, 0.15) is 0 Å². The summed E-state index contributed by atoms with van der Waals surface area (Å²) in [5.74, 6) is 5.32. The van der Waals surface area contributed by atoms with E-state index in [9.17, 15) is 4.79 Å². The normalized spacial score (nSPS) is 28.9. The molecular formula is C4H8IN3O. The molecule has 52 valence electrons. The van der Waals surface area contributed by atoms with Crippen LogP contribution in [0.5, 0.6) is 0 Å². The lowest BCUT2D eigenvalue weighted by Crippen LogP contribution is -2.55.